The van der Waals surface area contributed by atoms with Gasteiger partial charge in [0.15, 0.2) is 0 Å². The average molecular weight is 362 g/mol. The predicted molar refractivity (Wildman–Crippen MR) is 108 cm³/mol. The summed E-state index contributed by atoms with van der Waals surface area (Å²) < 4.78 is 0. The van der Waals surface area contributed by atoms with Crippen LogP contribution in [0.3, 0.4) is 0 Å². The van der Waals surface area contributed by atoms with E-state index in [0.29, 0.717) is 0 Å². The van der Waals surface area contributed by atoms with Crippen molar-refractivity contribution in [2.45, 2.75) is 19.3 Å². The van der Waals surface area contributed by atoms with E-state index in [1.165, 1.54) is 16.8 Å². The van der Waals surface area contributed by atoms with Crippen LogP contribution in [0, 0.1) is 0 Å². The van der Waals surface area contributed by atoms with Gasteiger partial charge in [0.2, 0.25) is 0 Å². The molecule has 0 saturated carbocycles. The number of carbonyl (C=O) groups is 1. The molecular formula is C21H27N2NaO2. The Morgan fingerprint density at radius 1 is 0.885 bits per heavy atom. The third-order valence-corrected chi connectivity index (χ3v) is 4.79. The molecule has 1 aliphatic rings. The zero-order valence-electron chi connectivity index (χ0n) is 14.6. The fourth-order valence-corrected chi connectivity index (χ4v) is 3.34. The topological polar surface area (TPSA) is 43.8 Å². The Bertz CT molecular complexity index is 668. The molecule has 0 amide bonds. The molecule has 1 aliphatic heterocycles. The zero-order valence-corrected chi connectivity index (χ0v) is 14.6. The van der Waals surface area contributed by atoms with Crippen molar-refractivity contribution in [3.63, 3.8) is 0 Å². The molecule has 3 rings (SSSR count). The number of anilines is 1. The molecule has 0 bridgehead atoms. The van der Waals surface area contributed by atoms with Gasteiger partial charge in [-0.25, -0.2) is 0 Å². The van der Waals surface area contributed by atoms with Gasteiger partial charge < -0.3 is 10.0 Å². The van der Waals surface area contributed by atoms with Crippen LogP contribution < -0.4 is 4.90 Å². The molecule has 1 saturated heterocycles. The number of hydrogen-bond acceptors (Lipinski definition) is 3. The van der Waals surface area contributed by atoms with Gasteiger partial charge in [-0.1, -0.05) is 42.5 Å². The molecule has 2 aromatic rings. The molecule has 0 radical (unpaired) electrons. The normalized spacial score (nSPS) is 14.7. The van der Waals surface area contributed by atoms with Crippen molar-refractivity contribution in [1.29, 1.82) is 0 Å². The molecule has 0 spiro atoms. The first-order valence-electron chi connectivity index (χ1n) is 9.03. The van der Waals surface area contributed by atoms with E-state index >= 15 is 0 Å². The molecule has 5 heteroatoms. The van der Waals surface area contributed by atoms with Gasteiger partial charge in [0, 0.05) is 38.3 Å². The van der Waals surface area contributed by atoms with Crippen LogP contribution in [-0.4, -0.2) is 78.3 Å². The first-order valence-corrected chi connectivity index (χ1v) is 9.03. The van der Waals surface area contributed by atoms with Crippen molar-refractivity contribution in [3.8, 4) is 0 Å². The molecule has 0 aliphatic carbocycles. The van der Waals surface area contributed by atoms with E-state index in [-0.39, 0.29) is 36.0 Å². The minimum atomic E-state index is -0.700. The Kier molecular flexibility index (Phi) is 8.66. The van der Waals surface area contributed by atoms with Crippen molar-refractivity contribution < 1.29 is 9.90 Å². The van der Waals surface area contributed by atoms with Gasteiger partial charge >= 0.3 is 35.5 Å². The Labute approximate surface area is 178 Å². The van der Waals surface area contributed by atoms with Crippen molar-refractivity contribution in [2.24, 2.45) is 0 Å². The van der Waals surface area contributed by atoms with E-state index in [1.807, 2.05) is 6.07 Å². The first-order chi connectivity index (χ1) is 12.2. The second-order valence-corrected chi connectivity index (χ2v) is 6.65. The van der Waals surface area contributed by atoms with Gasteiger partial charge in [-0.2, -0.15) is 0 Å². The number of hydrogen-bond donors (Lipinski definition) is 1. The number of carboxylic acid groups (broad SMARTS) is 1. The van der Waals surface area contributed by atoms with Crippen LogP contribution in [-0.2, 0) is 11.2 Å². The minimum absolute atomic E-state index is 0. The molecule has 26 heavy (non-hydrogen) atoms. The number of piperazine rings is 1. The van der Waals surface area contributed by atoms with E-state index in [1.54, 1.807) is 0 Å². The maximum atomic E-state index is 10.6. The predicted octanol–water partition coefficient (Wildman–Crippen LogP) is 2.62. The Morgan fingerprint density at radius 2 is 1.50 bits per heavy atom. The van der Waals surface area contributed by atoms with Crippen LogP contribution in [0.5, 0.6) is 0 Å². The zero-order chi connectivity index (χ0) is 17.5. The number of aliphatic carboxylic acids is 1. The van der Waals surface area contributed by atoms with Crippen LogP contribution in [0.4, 0.5) is 5.69 Å². The summed E-state index contributed by atoms with van der Waals surface area (Å²) in [5, 5.41) is 8.72. The SMILES string of the molecule is O=C(O)CCCN1CCN(c2ccc(Cc3ccccc3)cc2)CC1.[NaH]. The molecule has 0 unspecified atom stereocenters. The molecule has 4 nitrogen and oxygen atoms in total. The van der Waals surface area contributed by atoms with Gasteiger partial charge in [-0.3, -0.25) is 9.69 Å². The van der Waals surface area contributed by atoms with Crippen molar-refractivity contribution in [2.75, 3.05) is 37.6 Å². The Balaban J connectivity index is 0.00000243. The van der Waals surface area contributed by atoms with E-state index in [4.69, 9.17) is 5.11 Å². The van der Waals surface area contributed by atoms with Crippen molar-refractivity contribution in [1.82, 2.24) is 4.90 Å². The average Bonchev–Trinajstić information content (AvgIpc) is 2.64. The molecule has 0 aromatic heterocycles. The summed E-state index contributed by atoms with van der Waals surface area (Å²) in [5.74, 6) is -0.700. The summed E-state index contributed by atoms with van der Waals surface area (Å²) in [7, 11) is 0. The van der Waals surface area contributed by atoms with Crippen LogP contribution in [0.1, 0.15) is 24.0 Å². The molecule has 1 heterocycles. The van der Waals surface area contributed by atoms with Crippen molar-refractivity contribution >= 4 is 41.2 Å². The number of rotatable bonds is 7. The van der Waals surface area contributed by atoms with E-state index < -0.39 is 5.97 Å². The standard InChI is InChI=1S/C21H26N2O2.Na.H/c24-21(25)7-4-12-22-13-15-23(16-14-22)20-10-8-19(9-11-20)17-18-5-2-1-3-6-18;;/h1-3,5-6,8-11H,4,7,12-17H2,(H,24,25);;. The van der Waals surface area contributed by atoms with Gasteiger partial charge in [0.1, 0.15) is 0 Å². The third kappa shape index (κ3) is 6.44. The number of nitrogens with zero attached hydrogens (tertiary/aromatic N) is 2. The monoisotopic (exact) mass is 362 g/mol. The van der Waals surface area contributed by atoms with E-state index in [2.05, 4.69) is 58.3 Å². The summed E-state index contributed by atoms with van der Waals surface area (Å²) in [6.07, 6.45) is 1.98. The molecule has 134 valence electrons. The summed E-state index contributed by atoms with van der Waals surface area (Å²) in [6, 6.07) is 19.4. The number of carboxylic acids is 1. The Morgan fingerprint density at radius 3 is 2.12 bits per heavy atom. The van der Waals surface area contributed by atoms with Gasteiger partial charge in [-0.05, 0) is 42.6 Å². The fraction of sp³-hybridized carbons (Fsp3) is 0.381. The van der Waals surface area contributed by atoms with Crippen molar-refractivity contribution in [3.05, 3.63) is 65.7 Å². The van der Waals surface area contributed by atoms with Crippen LogP contribution in [0.2, 0.25) is 0 Å². The van der Waals surface area contributed by atoms with E-state index in [9.17, 15) is 4.79 Å². The summed E-state index contributed by atoms with van der Waals surface area (Å²) in [6.45, 7) is 4.91. The number of benzene rings is 2. The van der Waals surface area contributed by atoms with Gasteiger partial charge in [-0.15, -0.1) is 0 Å². The van der Waals surface area contributed by atoms with E-state index in [0.717, 1.165) is 45.6 Å². The quantitative estimate of drug-likeness (QED) is 0.769. The summed E-state index contributed by atoms with van der Waals surface area (Å²) in [4.78, 5) is 15.4. The molecule has 0 atom stereocenters. The summed E-state index contributed by atoms with van der Waals surface area (Å²) >= 11 is 0. The fourth-order valence-electron chi connectivity index (χ4n) is 3.34. The third-order valence-electron chi connectivity index (χ3n) is 4.79. The maximum absolute atomic E-state index is 10.6. The van der Waals surface area contributed by atoms with Crippen LogP contribution in [0.25, 0.3) is 0 Å². The molecule has 1 fully saturated rings. The van der Waals surface area contributed by atoms with Crippen LogP contribution in [0.15, 0.2) is 54.6 Å². The molecule has 1 N–H and O–H groups in total. The Hall–Kier alpha value is -1.33. The van der Waals surface area contributed by atoms with Gasteiger partial charge in [0.25, 0.3) is 0 Å². The summed E-state index contributed by atoms with van der Waals surface area (Å²) in [5.41, 5.74) is 3.95. The van der Waals surface area contributed by atoms with Crippen LogP contribution >= 0.6 is 0 Å². The first kappa shape index (κ1) is 21.0. The second-order valence-electron chi connectivity index (χ2n) is 6.65. The molecular weight excluding hydrogens is 335 g/mol. The molecule has 2 aromatic carbocycles. The second kappa shape index (κ2) is 10.7. The van der Waals surface area contributed by atoms with Gasteiger partial charge in [0.05, 0.1) is 0 Å².